The number of nitrogens with one attached hydrogen (secondary N) is 1. The van der Waals surface area contributed by atoms with E-state index in [2.05, 4.69) is 74.9 Å². The van der Waals surface area contributed by atoms with Gasteiger partial charge in [-0.25, -0.2) is 4.98 Å². The van der Waals surface area contributed by atoms with Crippen LogP contribution in [0.4, 0.5) is 5.82 Å². The van der Waals surface area contributed by atoms with Gasteiger partial charge in [0.15, 0.2) is 5.65 Å². The Hall–Kier alpha value is -3.71. The quantitative estimate of drug-likeness (QED) is 0.389. The molecule has 2 radical (unpaired) electrons. The monoisotopic (exact) mass is 458 g/mol. The summed E-state index contributed by atoms with van der Waals surface area (Å²) >= 11 is 0. The largest absolute Gasteiger partial charge is 0.366 e. The number of pyridine rings is 1. The van der Waals surface area contributed by atoms with Gasteiger partial charge in [0.1, 0.15) is 13.7 Å². The molecule has 0 bridgehead atoms. The number of piperidine rings is 1. The first-order chi connectivity index (χ1) is 17.2. The SMILES string of the molecule is [B]c1cnn2c(NCc3cccnc3)cc(C3CCCN(Cc4ccc5ccccc5c4)C3)nc12. The van der Waals surface area contributed by atoms with Crippen LogP contribution in [0.3, 0.4) is 0 Å². The summed E-state index contributed by atoms with van der Waals surface area (Å²) in [6.45, 7) is 3.69. The number of fused-ring (bicyclic) bond motifs is 2. The van der Waals surface area contributed by atoms with Gasteiger partial charge >= 0.3 is 0 Å². The van der Waals surface area contributed by atoms with E-state index in [1.807, 2.05) is 12.3 Å². The van der Waals surface area contributed by atoms with E-state index in [1.54, 1.807) is 16.9 Å². The van der Waals surface area contributed by atoms with Crippen LogP contribution in [0.1, 0.15) is 35.6 Å². The lowest BCUT2D eigenvalue weighted by atomic mass is 9.93. The number of hydrogen-bond donors (Lipinski definition) is 1. The van der Waals surface area contributed by atoms with Crippen LogP contribution in [-0.4, -0.2) is 45.4 Å². The molecular formula is C28H27BN6. The van der Waals surface area contributed by atoms with E-state index in [-0.39, 0.29) is 0 Å². The van der Waals surface area contributed by atoms with Crippen LogP contribution in [0.2, 0.25) is 0 Å². The molecule has 1 aliphatic heterocycles. The van der Waals surface area contributed by atoms with Crippen molar-refractivity contribution in [1.82, 2.24) is 24.5 Å². The fourth-order valence-corrected chi connectivity index (χ4v) is 5.06. The molecule has 7 heteroatoms. The zero-order valence-electron chi connectivity index (χ0n) is 19.6. The minimum absolute atomic E-state index is 0.349. The molecule has 172 valence electrons. The van der Waals surface area contributed by atoms with Gasteiger partial charge in [0.05, 0.1) is 5.69 Å². The number of benzene rings is 2. The van der Waals surface area contributed by atoms with E-state index >= 15 is 0 Å². The van der Waals surface area contributed by atoms with Gasteiger partial charge in [-0.05, 0) is 58.9 Å². The summed E-state index contributed by atoms with van der Waals surface area (Å²) in [4.78, 5) is 11.7. The molecule has 0 aliphatic carbocycles. The fraction of sp³-hybridized carbons (Fsp3) is 0.250. The summed E-state index contributed by atoms with van der Waals surface area (Å²) < 4.78 is 1.80. The Morgan fingerprint density at radius 1 is 0.971 bits per heavy atom. The highest BCUT2D eigenvalue weighted by atomic mass is 15.3. The summed E-state index contributed by atoms with van der Waals surface area (Å²) in [7, 11) is 6.23. The highest BCUT2D eigenvalue weighted by Crippen LogP contribution is 2.29. The zero-order valence-corrected chi connectivity index (χ0v) is 19.6. The lowest BCUT2D eigenvalue weighted by Crippen LogP contribution is -2.34. The molecule has 4 heterocycles. The molecule has 3 aromatic heterocycles. The molecule has 1 fully saturated rings. The first kappa shape index (κ1) is 21.8. The standard InChI is InChI=1S/C28H27BN6/c29-25-17-32-35-27(31-16-21-5-3-11-30-15-21)14-26(33-28(25)35)24-8-4-12-34(19-24)18-20-9-10-22-6-1-2-7-23(22)13-20/h1-3,5-7,9-11,13-15,17,24,31H,4,8,12,16,18-19H2. The molecule has 1 unspecified atom stereocenters. The number of nitrogens with zero attached hydrogens (tertiary/aromatic N) is 5. The molecule has 35 heavy (non-hydrogen) atoms. The van der Waals surface area contributed by atoms with Crippen molar-refractivity contribution in [3.63, 3.8) is 0 Å². The molecule has 6 nitrogen and oxygen atoms in total. The van der Waals surface area contributed by atoms with E-state index in [1.165, 1.54) is 16.3 Å². The molecule has 1 N–H and O–H groups in total. The van der Waals surface area contributed by atoms with Gasteiger partial charge in [-0.1, -0.05) is 42.5 Å². The molecule has 1 aliphatic rings. The number of aromatic nitrogens is 4. The van der Waals surface area contributed by atoms with Crippen molar-refractivity contribution in [1.29, 1.82) is 0 Å². The second kappa shape index (κ2) is 9.51. The summed E-state index contributed by atoms with van der Waals surface area (Å²) in [5.41, 5.74) is 4.84. The number of anilines is 1. The summed E-state index contributed by atoms with van der Waals surface area (Å²) in [6.07, 6.45) is 7.60. The average molecular weight is 458 g/mol. The number of hydrogen-bond acceptors (Lipinski definition) is 5. The van der Waals surface area contributed by atoms with Crippen LogP contribution in [0.15, 0.2) is 79.3 Å². The Morgan fingerprint density at radius 3 is 2.77 bits per heavy atom. The van der Waals surface area contributed by atoms with Crippen molar-refractivity contribution >= 4 is 35.5 Å². The lowest BCUT2D eigenvalue weighted by molar-refractivity contribution is 0.198. The van der Waals surface area contributed by atoms with Crippen molar-refractivity contribution in [2.75, 3.05) is 18.4 Å². The Bertz CT molecular complexity index is 1460. The second-order valence-electron chi connectivity index (χ2n) is 9.37. The maximum atomic E-state index is 6.23. The minimum Gasteiger partial charge on any atom is -0.366 e. The maximum Gasteiger partial charge on any atom is 0.150 e. The fourth-order valence-electron chi connectivity index (χ4n) is 5.06. The summed E-state index contributed by atoms with van der Waals surface area (Å²) in [5, 5.41) is 10.6. The molecule has 2 aromatic carbocycles. The Balaban J connectivity index is 1.23. The average Bonchev–Trinajstić information content (AvgIpc) is 3.28. The predicted molar refractivity (Wildman–Crippen MR) is 141 cm³/mol. The highest BCUT2D eigenvalue weighted by molar-refractivity contribution is 6.36. The van der Waals surface area contributed by atoms with Gasteiger partial charge in [0.25, 0.3) is 0 Å². The first-order valence-electron chi connectivity index (χ1n) is 12.2. The maximum absolute atomic E-state index is 6.23. The van der Waals surface area contributed by atoms with Crippen molar-refractivity contribution in [3.8, 4) is 0 Å². The third-order valence-corrected chi connectivity index (χ3v) is 6.86. The van der Waals surface area contributed by atoms with E-state index in [0.717, 1.165) is 49.6 Å². The third kappa shape index (κ3) is 4.64. The number of rotatable bonds is 6. The van der Waals surface area contributed by atoms with E-state index in [0.29, 0.717) is 23.6 Å². The van der Waals surface area contributed by atoms with Gasteiger partial charge in [-0.3, -0.25) is 9.88 Å². The van der Waals surface area contributed by atoms with E-state index < -0.39 is 0 Å². The van der Waals surface area contributed by atoms with Crippen molar-refractivity contribution < 1.29 is 0 Å². The van der Waals surface area contributed by atoms with E-state index in [9.17, 15) is 0 Å². The van der Waals surface area contributed by atoms with Gasteiger partial charge < -0.3 is 5.32 Å². The molecule has 1 atom stereocenters. The summed E-state index contributed by atoms with van der Waals surface area (Å²) in [6, 6.07) is 21.5. The summed E-state index contributed by atoms with van der Waals surface area (Å²) in [5.74, 6) is 1.25. The zero-order chi connectivity index (χ0) is 23.6. The number of likely N-dealkylation sites (tertiary alicyclic amines) is 1. The molecule has 6 rings (SSSR count). The van der Waals surface area contributed by atoms with Crippen LogP contribution in [0.25, 0.3) is 16.4 Å². The first-order valence-corrected chi connectivity index (χ1v) is 12.2. The molecule has 5 aromatic rings. The van der Waals surface area contributed by atoms with Crippen LogP contribution in [-0.2, 0) is 13.1 Å². The van der Waals surface area contributed by atoms with Crippen LogP contribution >= 0.6 is 0 Å². The van der Waals surface area contributed by atoms with E-state index in [4.69, 9.17) is 12.8 Å². The van der Waals surface area contributed by atoms with Crippen molar-refractivity contribution in [2.24, 2.45) is 0 Å². The van der Waals surface area contributed by atoms with Crippen LogP contribution in [0.5, 0.6) is 0 Å². The van der Waals surface area contributed by atoms with Gasteiger partial charge in [0.2, 0.25) is 0 Å². The van der Waals surface area contributed by atoms with Gasteiger partial charge in [0, 0.05) is 50.2 Å². The van der Waals surface area contributed by atoms with Gasteiger partial charge in [-0.15, -0.1) is 0 Å². The second-order valence-corrected chi connectivity index (χ2v) is 9.37. The Kier molecular flexibility index (Phi) is 5.92. The molecule has 0 spiro atoms. The molecule has 0 amide bonds. The topological polar surface area (TPSA) is 58.4 Å². The Labute approximate surface area is 206 Å². The van der Waals surface area contributed by atoms with Crippen molar-refractivity contribution in [2.45, 2.75) is 31.8 Å². The molecule has 0 saturated carbocycles. The van der Waals surface area contributed by atoms with Gasteiger partial charge in [-0.2, -0.15) is 9.61 Å². The lowest BCUT2D eigenvalue weighted by Gasteiger charge is -2.32. The molecular weight excluding hydrogens is 431 g/mol. The minimum atomic E-state index is 0.349. The van der Waals surface area contributed by atoms with Crippen LogP contribution in [0, 0.1) is 0 Å². The normalized spacial score (nSPS) is 16.6. The van der Waals surface area contributed by atoms with Crippen molar-refractivity contribution in [3.05, 3.63) is 96.1 Å². The third-order valence-electron chi connectivity index (χ3n) is 6.86. The predicted octanol–water partition coefficient (Wildman–Crippen LogP) is 4.06. The highest BCUT2D eigenvalue weighted by Gasteiger charge is 2.24. The van der Waals surface area contributed by atoms with Crippen LogP contribution < -0.4 is 10.8 Å². The molecule has 1 saturated heterocycles. The Morgan fingerprint density at radius 2 is 1.89 bits per heavy atom. The smallest absolute Gasteiger partial charge is 0.150 e.